The summed E-state index contributed by atoms with van der Waals surface area (Å²) < 4.78 is 33.2. The Morgan fingerprint density at radius 3 is 2.62 bits per heavy atom. The highest BCUT2D eigenvalue weighted by Crippen LogP contribution is 2.40. The molecule has 0 N–H and O–H groups in total. The van der Waals surface area contributed by atoms with E-state index in [0.29, 0.717) is 19.4 Å². The van der Waals surface area contributed by atoms with Gasteiger partial charge in [-0.05, 0) is 18.1 Å². The minimum atomic E-state index is -0.622. The SMILES string of the molecule is COC(=O)c1nc(/C=C/C[C@H]2OC(OC)C[C@@H](OCc3ccccc3)C2(C)C)oc1OC. The van der Waals surface area contributed by atoms with Gasteiger partial charge < -0.3 is 28.1 Å². The molecule has 0 aliphatic carbocycles. The number of ether oxygens (including phenoxy) is 5. The highest BCUT2D eigenvalue weighted by molar-refractivity contribution is 5.89. The fourth-order valence-electron chi connectivity index (χ4n) is 3.71. The summed E-state index contributed by atoms with van der Waals surface area (Å²) in [6.45, 7) is 4.80. The van der Waals surface area contributed by atoms with Crippen LogP contribution < -0.4 is 4.74 Å². The first kappa shape index (κ1) is 24.0. The van der Waals surface area contributed by atoms with Crippen molar-refractivity contribution in [1.82, 2.24) is 4.98 Å². The second-order valence-corrected chi connectivity index (χ2v) is 8.15. The Hall–Kier alpha value is -2.68. The van der Waals surface area contributed by atoms with Crippen molar-refractivity contribution in [2.75, 3.05) is 21.3 Å². The van der Waals surface area contributed by atoms with Crippen molar-refractivity contribution in [3.05, 3.63) is 53.6 Å². The van der Waals surface area contributed by atoms with E-state index >= 15 is 0 Å². The molecule has 1 aromatic heterocycles. The predicted molar refractivity (Wildman–Crippen MR) is 117 cm³/mol. The quantitative estimate of drug-likeness (QED) is 0.530. The molecule has 1 aliphatic heterocycles. The Morgan fingerprint density at radius 2 is 1.97 bits per heavy atom. The maximum atomic E-state index is 11.8. The molecule has 1 saturated heterocycles. The molecular formula is C24H31NO7. The fraction of sp³-hybridized carbons (Fsp3) is 0.500. The zero-order chi connectivity index (χ0) is 23.1. The molecule has 1 fully saturated rings. The van der Waals surface area contributed by atoms with Crippen molar-refractivity contribution >= 4 is 12.0 Å². The number of carbonyl (C=O) groups excluding carboxylic acids is 1. The summed E-state index contributed by atoms with van der Waals surface area (Å²) in [5.41, 5.74) is 0.858. The van der Waals surface area contributed by atoms with Crippen LogP contribution in [0.25, 0.3) is 6.08 Å². The minimum absolute atomic E-state index is 0.00211. The van der Waals surface area contributed by atoms with E-state index in [4.69, 9.17) is 28.1 Å². The van der Waals surface area contributed by atoms with E-state index in [1.165, 1.54) is 14.2 Å². The van der Waals surface area contributed by atoms with Gasteiger partial charge in [-0.15, -0.1) is 0 Å². The average molecular weight is 446 g/mol. The number of rotatable bonds is 9. The molecule has 1 aromatic carbocycles. The number of nitrogens with zero attached hydrogens (tertiary/aromatic N) is 1. The molecule has 1 unspecified atom stereocenters. The van der Waals surface area contributed by atoms with Crippen molar-refractivity contribution in [1.29, 1.82) is 0 Å². The molecule has 0 bridgehead atoms. The van der Waals surface area contributed by atoms with Crippen LogP contribution in [0.15, 0.2) is 40.8 Å². The Labute approximate surface area is 188 Å². The summed E-state index contributed by atoms with van der Waals surface area (Å²) in [6, 6.07) is 10.1. The lowest BCUT2D eigenvalue weighted by Crippen LogP contribution is -2.51. The van der Waals surface area contributed by atoms with E-state index in [2.05, 4.69) is 18.8 Å². The number of carbonyl (C=O) groups is 1. The molecule has 0 spiro atoms. The Morgan fingerprint density at radius 1 is 1.22 bits per heavy atom. The van der Waals surface area contributed by atoms with Crippen LogP contribution >= 0.6 is 0 Å². The monoisotopic (exact) mass is 445 g/mol. The largest absolute Gasteiger partial charge is 0.467 e. The highest BCUT2D eigenvalue weighted by atomic mass is 16.7. The molecule has 1 aliphatic rings. The third-order valence-corrected chi connectivity index (χ3v) is 5.73. The van der Waals surface area contributed by atoms with Crippen molar-refractivity contribution < 1.29 is 32.9 Å². The van der Waals surface area contributed by atoms with E-state index in [1.807, 2.05) is 36.4 Å². The first-order valence-electron chi connectivity index (χ1n) is 10.5. The van der Waals surface area contributed by atoms with Crippen LogP contribution in [0.1, 0.15) is 48.6 Å². The number of esters is 1. The van der Waals surface area contributed by atoms with Gasteiger partial charge in [0.05, 0.1) is 33.0 Å². The van der Waals surface area contributed by atoms with Gasteiger partial charge in [-0.25, -0.2) is 4.79 Å². The summed E-state index contributed by atoms with van der Waals surface area (Å²) in [7, 11) is 4.31. The Bertz CT molecular complexity index is 906. The number of aromatic nitrogens is 1. The summed E-state index contributed by atoms with van der Waals surface area (Å²) in [6.07, 6.45) is 4.25. The van der Waals surface area contributed by atoms with E-state index < -0.39 is 5.97 Å². The average Bonchev–Trinajstić information content (AvgIpc) is 3.22. The molecule has 0 saturated carbocycles. The van der Waals surface area contributed by atoms with E-state index in [9.17, 15) is 4.79 Å². The van der Waals surface area contributed by atoms with Gasteiger partial charge in [-0.3, -0.25) is 0 Å². The third-order valence-electron chi connectivity index (χ3n) is 5.73. The summed E-state index contributed by atoms with van der Waals surface area (Å²) in [5, 5.41) is 0. The third kappa shape index (κ3) is 5.56. The van der Waals surface area contributed by atoms with Crippen molar-refractivity contribution in [3.63, 3.8) is 0 Å². The fourth-order valence-corrected chi connectivity index (χ4v) is 3.71. The molecule has 0 amide bonds. The summed E-state index contributed by atoms with van der Waals surface area (Å²) in [4.78, 5) is 15.9. The molecule has 8 heteroatoms. The Balaban J connectivity index is 1.69. The standard InChI is InChI=1S/C24H31NO7/c1-24(2)17(12-9-13-19-25-21(22(26)28-4)23(29-5)32-19)31-20(27-3)14-18(24)30-15-16-10-7-6-8-11-16/h6-11,13,17-18,20H,12,14-15H2,1-5H3/b13-9+/t17-,18-,20?/m1/s1. The van der Waals surface area contributed by atoms with Crippen molar-refractivity contribution in [2.45, 2.75) is 51.8 Å². The van der Waals surface area contributed by atoms with Crippen LogP contribution in [0.4, 0.5) is 0 Å². The molecule has 174 valence electrons. The number of methoxy groups -OCH3 is 3. The zero-order valence-corrected chi connectivity index (χ0v) is 19.2. The molecule has 32 heavy (non-hydrogen) atoms. The van der Waals surface area contributed by atoms with Gasteiger partial charge in [0, 0.05) is 18.9 Å². The van der Waals surface area contributed by atoms with Crippen LogP contribution in [0.3, 0.4) is 0 Å². The maximum absolute atomic E-state index is 11.8. The van der Waals surface area contributed by atoms with Gasteiger partial charge in [-0.1, -0.05) is 50.3 Å². The lowest BCUT2D eigenvalue weighted by atomic mass is 9.76. The lowest BCUT2D eigenvalue weighted by molar-refractivity contribution is -0.258. The van der Waals surface area contributed by atoms with Gasteiger partial charge in [0.1, 0.15) is 0 Å². The van der Waals surface area contributed by atoms with Crippen LogP contribution in [-0.4, -0.2) is 50.8 Å². The smallest absolute Gasteiger partial charge is 0.364 e. The second-order valence-electron chi connectivity index (χ2n) is 8.15. The molecule has 2 aromatic rings. The zero-order valence-electron chi connectivity index (χ0n) is 19.2. The first-order valence-corrected chi connectivity index (χ1v) is 10.5. The van der Waals surface area contributed by atoms with Gasteiger partial charge in [0.25, 0.3) is 0 Å². The van der Waals surface area contributed by atoms with Gasteiger partial charge in [0.15, 0.2) is 6.29 Å². The topological polar surface area (TPSA) is 89.3 Å². The number of hydrogen-bond donors (Lipinski definition) is 0. The van der Waals surface area contributed by atoms with Gasteiger partial charge >= 0.3 is 11.9 Å². The summed E-state index contributed by atoms with van der Waals surface area (Å²) >= 11 is 0. The number of benzene rings is 1. The van der Waals surface area contributed by atoms with Crippen LogP contribution in [-0.2, 0) is 25.6 Å². The molecule has 8 nitrogen and oxygen atoms in total. The van der Waals surface area contributed by atoms with Crippen LogP contribution in [0.5, 0.6) is 5.95 Å². The van der Waals surface area contributed by atoms with Crippen LogP contribution in [0.2, 0.25) is 0 Å². The lowest BCUT2D eigenvalue weighted by Gasteiger charge is -2.47. The van der Waals surface area contributed by atoms with Crippen LogP contribution in [0, 0.1) is 5.41 Å². The Kier molecular flexibility index (Phi) is 8.06. The maximum Gasteiger partial charge on any atom is 0.364 e. The van der Waals surface area contributed by atoms with Crippen molar-refractivity contribution in [2.24, 2.45) is 5.41 Å². The second kappa shape index (κ2) is 10.8. The van der Waals surface area contributed by atoms with Crippen molar-refractivity contribution in [3.8, 4) is 5.95 Å². The number of oxazole rings is 1. The summed E-state index contributed by atoms with van der Waals surface area (Å²) in [5.74, 6) is -0.362. The van der Waals surface area contributed by atoms with E-state index in [0.717, 1.165) is 5.56 Å². The molecule has 2 heterocycles. The van der Waals surface area contributed by atoms with Gasteiger partial charge in [0.2, 0.25) is 11.6 Å². The molecule has 3 atom stereocenters. The normalized spacial score (nSPS) is 22.7. The molecule has 3 rings (SSSR count). The van der Waals surface area contributed by atoms with E-state index in [-0.39, 0.29) is 41.4 Å². The van der Waals surface area contributed by atoms with Gasteiger partial charge in [-0.2, -0.15) is 4.98 Å². The predicted octanol–water partition coefficient (Wildman–Crippen LogP) is 4.25. The molecule has 0 radical (unpaired) electrons. The highest BCUT2D eigenvalue weighted by Gasteiger charge is 2.45. The minimum Gasteiger partial charge on any atom is -0.467 e. The first-order chi connectivity index (χ1) is 15.4. The number of hydrogen-bond acceptors (Lipinski definition) is 8. The molecular weight excluding hydrogens is 414 g/mol. The van der Waals surface area contributed by atoms with E-state index in [1.54, 1.807) is 13.2 Å².